The van der Waals surface area contributed by atoms with Crippen LogP contribution < -0.4 is 14.2 Å². The largest absolute Gasteiger partial charge is 0.493 e. The molecule has 3 aromatic rings. The molecule has 0 aliphatic carbocycles. The van der Waals surface area contributed by atoms with Crippen LogP contribution in [0.25, 0.3) is 11.5 Å². The van der Waals surface area contributed by atoms with Gasteiger partial charge in [-0.2, -0.15) is 0 Å². The van der Waals surface area contributed by atoms with Gasteiger partial charge in [0.1, 0.15) is 0 Å². The Morgan fingerprint density at radius 3 is 2.41 bits per heavy atom. The number of aromatic nitrogens is 2. The lowest BCUT2D eigenvalue weighted by atomic mass is 10.2. The minimum Gasteiger partial charge on any atom is -0.493 e. The Bertz CT molecular complexity index is 931. The second kappa shape index (κ2) is 8.64. The van der Waals surface area contributed by atoms with Crippen molar-refractivity contribution in [2.24, 2.45) is 0 Å². The SMILES string of the molecule is COc1cc(-c2nnc(SCC(=O)c3ccc(Cl)s3)o2)cc(OC)c1OC. The van der Waals surface area contributed by atoms with Crippen LogP contribution >= 0.6 is 34.7 Å². The summed E-state index contributed by atoms with van der Waals surface area (Å²) in [7, 11) is 4.58. The van der Waals surface area contributed by atoms with Crippen LogP contribution in [0.4, 0.5) is 0 Å². The highest BCUT2D eigenvalue weighted by atomic mass is 35.5. The molecule has 0 atom stereocenters. The highest BCUT2D eigenvalue weighted by molar-refractivity contribution is 7.99. The molecule has 0 saturated carbocycles. The number of thiophene rings is 1. The lowest BCUT2D eigenvalue weighted by molar-refractivity contribution is 0.102. The van der Waals surface area contributed by atoms with Crippen LogP contribution in [0.2, 0.25) is 4.34 Å². The number of Topliss-reactive ketones (excluding diaryl/α,β-unsaturated/α-hetero) is 1. The Kier molecular flexibility index (Phi) is 6.25. The molecule has 0 unspecified atom stereocenters. The maximum absolute atomic E-state index is 12.1. The lowest BCUT2D eigenvalue weighted by Gasteiger charge is -2.12. The number of ketones is 1. The highest BCUT2D eigenvalue weighted by Gasteiger charge is 2.18. The molecule has 0 fully saturated rings. The van der Waals surface area contributed by atoms with Gasteiger partial charge in [0.05, 0.1) is 36.3 Å². The Balaban J connectivity index is 1.76. The molecule has 0 bridgehead atoms. The van der Waals surface area contributed by atoms with E-state index in [2.05, 4.69) is 10.2 Å². The van der Waals surface area contributed by atoms with E-state index in [1.807, 2.05) is 0 Å². The Hall–Kier alpha value is -2.23. The Morgan fingerprint density at radius 1 is 1.15 bits per heavy atom. The number of ether oxygens (including phenoxy) is 3. The average Bonchev–Trinajstić information content (AvgIpc) is 3.34. The molecule has 27 heavy (non-hydrogen) atoms. The van der Waals surface area contributed by atoms with Crippen LogP contribution in [-0.2, 0) is 0 Å². The van der Waals surface area contributed by atoms with Gasteiger partial charge in [0.25, 0.3) is 5.22 Å². The Labute approximate surface area is 168 Å². The Morgan fingerprint density at radius 2 is 1.85 bits per heavy atom. The fourth-order valence-corrected chi connectivity index (χ4v) is 3.97. The number of thioether (sulfide) groups is 1. The fraction of sp³-hybridized carbons (Fsp3) is 0.235. The number of hydrogen-bond donors (Lipinski definition) is 0. The van der Waals surface area contributed by atoms with E-state index in [9.17, 15) is 4.79 Å². The first-order valence-electron chi connectivity index (χ1n) is 7.61. The van der Waals surface area contributed by atoms with Gasteiger partial charge in [-0.25, -0.2) is 0 Å². The number of rotatable bonds is 8. The molecule has 0 aliphatic rings. The van der Waals surface area contributed by atoms with Gasteiger partial charge in [0.15, 0.2) is 17.3 Å². The summed E-state index contributed by atoms with van der Waals surface area (Å²) >= 11 is 8.26. The molecule has 0 N–H and O–H groups in total. The van der Waals surface area contributed by atoms with Crippen LogP contribution in [0.5, 0.6) is 17.2 Å². The van der Waals surface area contributed by atoms with Crippen molar-refractivity contribution in [1.29, 1.82) is 0 Å². The van der Waals surface area contributed by atoms with E-state index in [0.717, 1.165) is 11.8 Å². The summed E-state index contributed by atoms with van der Waals surface area (Å²) in [5.41, 5.74) is 0.611. The number of nitrogens with zero attached hydrogens (tertiary/aromatic N) is 2. The second-order valence-electron chi connectivity index (χ2n) is 5.10. The number of methoxy groups -OCH3 is 3. The molecule has 0 saturated heterocycles. The molecule has 2 heterocycles. The van der Waals surface area contributed by atoms with E-state index in [-0.39, 0.29) is 22.6 Å². The fourth-order valence-electron chi connectivity index (χ4n) is 2.25. The zero-order chi connectivity index (χ0) is 19.4. The molecule has 0 aliphatic heterocycles. The van der Waals surface area contributed by atoms with Gasteiger partial charge in [0.2, 0.25) is 11.6 Å². The van der Waals surface area contributed by atoms with Gasteiger partial charge < -0.3 is 18.6 Å². The monoisotopic (exact) mass is 426 g/mol. The molecule has 142 valence electrons. The zero-order valence-electron chi connectivity index (χ0n) is 14.6. The number of hydrogen-bond acceptors (Lipinski definition) is 9. The van der Waals surface area contributed by atoms with E-state index >= 15 is 0 Å². The van der Waals surface area contributed by atoms with Crippen LogP contribution in [0.15, 0.2) is 33.9 Å². The minimum absolute atomic E-state index is 0.0514. The van der Waals surface area contributed by atoms with Crippen LogP contribution in [0.3, 0.4) is 0 Å². The predicted molar refractivity (Wildman–Crippen MR) is 104 cm³/mol. The molecule has 7 nitrogen and oxygen atoms in total. The topological polar surface area (TPSA) is 83.7 Å². The van der Waals surface area contributed by atoms with Crippen molar-refractivity contribution in [3.8, 4) is 28.7 Å². The standard InChI is InChI=1S/C17H15ClN2O5S2/c1-22-11-6-9(7-12(23-2)15(11)24-3)16-19-20-17(25-16)26-8-10(21)13-4-5-14(18)27-13/h4-7H,8H2,1-3H3. The summed E-state index contributed by atoms with van der Waals surface area (Å²) in [5, 5.41) is 8.29. The normalized spacial score (nSPS) is 10.7. The quantitative estimate of drug-likeness (QED) is 0.385. The second-order valence-corrected chi connectivity index (χ2v) is 7.74. The molecule has 10 heteroatoms. The van der Waals surface area contributed by atoms with Gasteiger partial charge in [-0.1, -0.05) is 23.4 Å². The van der Waals surface area contributed by atoms with Gasteiger partial charge in [0, 0.05) is 5.56 Å². The third-order valence-electron chi connectivity index (χ3n) is 3.49. The van der Waals surface area contributed by atoms with E-state index in [1.54, 1.807) is 24.3 Å². The summed E-state index contributed by atoms with van der Waals surface area (Å²) in [5.74, 6) is 1.83. The first-order chi connectivity index (χ1) is 13.0. The smallest absolute Gasteiger partial charge is 0.277 e. The molecule has 0 radical (unpaired) electrons. The van der Waals surface area contributed by atoms with E-state index in [0.29, 0.717) is 32.0 Å². The van der Waals surface area contributed by atoms with Crippen molar-refractivity contribution in [3.63, 3.8) is 0 Å². The highest BCUT2D eigenvalue weighted by Crippen LogP contribution is 2.41. The van der Waals surface area contributed by atoms with Crippen molar-refractivity contribution in [2.45, 2.75) is 5.22 Å². The first-order valence-corrected chi connectivity index (χ1v) is 9.79. The molecule has 2 aromatic heterocycles. The lowest BCUT2D eigenvalue weighted by Crippen LogP contribution is -1.98. The third-order valence-corrected chi connectivity index (χ3v) is 5.58. The predicted octanol–water partition coefficient (Wildman–Crippen LogP) is 4.45. The third kappa shape index (κ3) is 4.37. The van der Waals surface area contributed by atoms with Crippen molar-refractivity contribution in [3.05, 3.63) is 33.5 Å². The van der Waals surface area contributed by atoms with E-state index in [4.69, 9.17) is 30.2 Å². The van der Waals surface area contributed by atoms with E-state index < -0.39 is 0 Å². The number of carbonyl (C=O) groups excluding carboxylic acids is 1. The maximum atomic E-state index is 12.1. The zero-order valence-corrected chi connectivity index (χ0v) is 17.0. The van der Waals surface area contributed by atoms with Crippen molar-refractivity contribution >= 4 is 40.5 Å². The molecule has 1 aromatic carbocycles. The number of benzene rings is 1. The van der Waals surface area contributed by atoms with Gasteiger partial charge in [-0.15, -0.1) is 21.5 Å². The summed E-state index contributed by atoms with van der Waals surface area (Å²) in [6.45, 7) is 0. The molecular weight excluding hydrogens is 412 g/mol. The van der Waals surface area contributed by atoms with Crippen LogP contribution in [0.1, 0.15) is 9.67 Å². The van der Waals surface area contributed by atoms with Crippen LogP contribution in [-0.4, -0.2) is 43.1 Å². The molecular formula is C17H15ClN2O5S2. The van der Waals surface area contributed by atoms with Gasteiger partial charge in [-0.3, -0.25) is 4.79 Å². The van der Waals surface area contributed by atoms with E-state index in [1.165, 1.54) is 32.7 Å². The summed E-state index contributed by atoms with van der Waals surface area (Å²) in [6, 6.07) is 6.81. The first kappa shape index (κ1) is 19.5. The summed E-state index contributed by atoms with van der Waals surface area (Å²) in [6.07, 6.45) is 0. The van der Waals surface area contributed by atoms with Crippen molar-refractivity contribution in [2.75, 3.05) is 27.1 Å². The van der Waals surface area contributed by atoms with Crippen molar-refractivity contribution < 1.29 is 23.4 Å². The van der Waals surface area contributed by atoms with Crippen LogP contribution in [0, 0.1) is 0 Å². The molecule has 0 amide bonds. The molecule has 0 spiro atoms. The average molecular weight is 427 g/mol. The molecule has 3 rings (SSSR count). The number of carbonyl (C=O) groups is 1. The van der Waals surface area contributed by atoms with Gasteiger partial charge >= 0.3 is 0 Å². The maximum Gasteiger partial charge on any atom is 0.277 e. The number of halogens is 1. The minimum atomic E-state index is -0.0514. The summed E-state index contributed by atoms with van der Waals surface area (Å²) < 4.78 is 22.2. The van der Waals surface area contributed by atoms with Crippen molar-refractivity contribution in [1.82, 2.24) is 10.2 Å². The van der Waals surface area contributed by atoms with Gasteiger partial charge in [-0.05, 0) is 24.3 Å². The summed E-state index contributed by atoms with van der Waals surface area (Å²) in [4.78, 5) is 12.7.